The van der Waals surface area contributed by atoms with Gasteiger partial charge in [0, 0.05) is 39.0 Å². The van der Waals surface area contributed by atoms with Crippen molar-refractivity contribution in [1.82, 2.24) is 14.1 Å². The zero-order valence-corrected chi connectivity index (χ0v) is 14.5. The zero-order chi connectivity index (χ0) is 17.6. The molecule has 0 aromatic carbocycles. The van der Waals surface area contributed by atoms with Crippen molar-refractivity contribution < 1.29 is 8.78 Å². The summed E-state index contributed by atoms with van der Waals surface area (Å²) in [7, 11) is 1.66. The van der Waals surface area contributed by atoms with Crippen LogP contribution in [-0.2, 0) is 13.6 Å². The molecule has 5 nitrogen and oxygen atoms in total. The highest BCUT2D eigenvalue weighted by atomic mass is 19.3. The van der Waals surface area contributed by atoms with Gasteiger partial charge in [-0.15, -0.1) is 0 Å². The Kier molecular flexibility index (Phi) is 4.04. The first-order chi connectivity index (χ1) is 12.0. The average molecular weight is 350 g/mol. The van der Waals surface area contributed by atoms with Crippen molar-refractivity contribution in [3.63, 3.8) is 0 Å². The molecular weight excluding hydrogens is 326 g/mol. The largest absolute Gasteiger partial charge is 0.357 e. The standard InChI is InChI=1S/C18H24F2N4O/c1-22-16-14(24(17(22)25)12-13-11-18(13,19)20)7-8-15(21-16)23-9-5-3-2-4-6-10-23/h7-8,13H,2-6,9-12H2,1H3. The molecule has 0 N–H and O–H groups in total. The van der Waals surface area contributed by atoms with E-state index in [1.165, 1.54) is 28.4 Å². The molecular formula is C18H24F2N4O. The highest BCUT2D eigenvalue weighted by Crippen LogP contribution is 2.49. The number of aryl methyl sites for hydroxylation is 1. The van der Waals surface area contributed by atoms with Crippen LogP contribution in [0.15, 0.2) is 16.9 Å². The minimum Gasteiger partial charge on any atom is -0.357 e. The molecule has 0 radical (unpaired) electrons. The van der Waals surface area contributed by atoms with E-state index in [0.717, 1.165) is 31.7 Å². The molecule has 1 aliphatic heterocycles. The Morgan fingerprint density at radius 1 is 1.16 bits per heavy atom. The molecule has 136 valence electrons. The fraction of sp³-hybridized carbons (Fsp3) is 0.667. The number of rotatable bonds is 3. The van der Waals surface area contributed by atoms with Crippen molar-refractivity contribution in [1.29, 1.82) is 0 Å². The van der Waals surface area contributed by atoms with Gasteiger partial charge in [0.2, 0.25) is 0 Å². The SMILES string of the molecule is Cn1c(=O)n(CC2CC2(F)F)c2ccc(N3CCCCCCC3)nc21. The van der Waals surface area contributed by atoms with Gasteiger partial charge in [-0.1, -0.05) is 19.3 Å². The summed E-state index contributed by atoms with van der Waals surface area (Å²) < 4.78 is 29.4. The minimum atomic E-state index is -2.63. The molecule has 1 saturated heterocycles. The maximum Gasteiger partial charge on any atom is 0.330 e. The Bertz CT molecular complexity index is 833. The summed E-state index contributed by atoms with van der Waals surface area (Å²) >= 11 is 0. The molecule has 4 rings (SSSR count). The van der Waals surface area contributed by atoms with Gasteiger partial charge in [-0.2, -0.15) is 0 Å². The normalized spacial score (nSPS) is 23.5. The summed E-state index contributed by atoms with van der Waals surface area (Å²) in [6, 6.07) is 3.78. The number of halogens is 2. The van der Waals surface area contributed by atoms with Crippen LogP contribution in [0.1, 0.15) is 38.5 Å². The van der Waals surface area contributed by atoms with Gasteiger partial charge in [0.05, 0.1) is 5.52 Å². The van der Waals surface area contributed by atoms with E-state index in [2.05, 4.69) is 4.90 Å². The van der Waals surface area contributed by atoms with E-state index in [4.69, 9.17) is 4.98 Å². The van der Waals surface area contributed by atoms with E-state index in [0.29, 0.717) is 11.2 Å². The van der Waals surface area contributed by atoms with E-state index < -0.39 is 11.8 Å². The molecule has 2 aromatic heterocycles. The number of nitrogens with zero attached hydrogens (tertiary/aromatic N) is 4. The van der Waals surface area contributed by atoms with Crippen molar-refractivity contribution in [2.75, 3.05) is 18.0 Å². The summed E-state index contributed by atoms with van der Waals surface area (Å²) in [5.74, 6) is -2.48. The Balaban J connectivity index is 1.66. The van der Waals surface area contributed by atoms with E-state index in [1.807, 2.05) is 12.1 Å². The molecule has 1 atom stereocenters. The second kappa shape index (κ2) is 6.11. The number of hydrogen-bond acceptors (Lipinski definition) is 3. The third-order valence-corrected chi connectivity index (χ3v) is 5.50. The van der Waals surface area contributed by atoms with Gasteiger partial charge in [-0.25, -0.2) is 18.6 Å². The molecule has 7 heteroatoms. The lowest BCUT2D eigenvalue weighted by Crippen LogP contribution is -2.27. The van der Waals surface area contributed by atoms with Gasteiger partial charge in [0.15, 0.2) is 5.65 Å². The van der Waals surface area contributed by atoms with Crippen molar-refractivity contribution >= 4 is 17.0 Å². The number of alkyl halides is 2. The molecule has 25 heavy (non-hydrogen) atoms. The highest BCUT2D eigenvalue weighted by Gasteiger charge is 2.57. The summed E-state index contributed by atoms with van der Waals surface area (Å²) in [5, 5.41) is 0. The van der Waals surface area contributed by atoms with E-state index >= 15 is 0 Å². The van der Waals surface area contributed by atoms with Crippen molar-refractivity contribution in [2.24, 2.45) is 13.0 Å². The number of aromatic nitrogens is 3. The Morgan fingerprint density at radius 2 is 1.80 bits per heavy atom. The Hall–Kier alpha value is -1.92. The van der Waals surface area contributed by atoms with Crippen LogP contribution >= 0.6 is 0 Å². The predicted molar refractivity (Wildman–Crippen MR) is 93.3 cm³/mol. The summed E-state index contributed by atoms with van der Waals surface area (Å²) in [6.07, 6.45) is 5.94. The van der Waals surface area contributed by atoms with Crippen molar-refractivity contribution in [3.05, 3.63) is 22.6 Å². The van der Waals surface area contributed by atoms with Crippen LogP contribution in [0.3, 0.4) is 0 Å². The molecule has 2 aliphatic rings. The lowest BCUT2D eigenvalue weighted by atomic mass is 10.1. The van der Waals surface area contributed by atoms with Crippen molar-refractivity contribution in [3.8, 4) is 0 Å². The number of hydrogen-bond donors (Lipinski definition) is 0. The van der Waals surface area contributed by atoms with Crippen LogP contribution in [0, 0.1) is 5.92 Å². The predicted octanol–water partition coefficient (Wildman–Crippen LogP) is 3.16. The first-order valence-electron chi connectivity index (χ1n) is 9.16. The average Bonchev–Trinajstić information content (AvgIpc) is 3.09. The third kappa shape index (κ3) is 3.04. The zero-order valence-electron chi connectivity index (χ0n) is 14.5. The molecule has 0 spiro atoms. The second-order valence-corrected chi connectivity index (χ2v) is 7.38. The highest BCUT2D eigenvalue weighted by molar-refractivity contribution is 5.74. The minimum absolute atomic E-state index is 0.0634. The number of pyridine rings is 1. The van der Waals surface area contributed by atoms with E-state index in [9.17, 15) is 13.6 Å². The van der Waals surface area contributed by atoms with Crippen molar-refractivity contribution in [2.45, 2.75) is 51.0 Å². The van der Waals surface area contributed by atoms with Gasteiger partial charge in [-0.05, 0) is 25.0 Å². The lowest BCUT2D eigenvalue weighted by Gasteiger charge is -2.25. The van der Waals surface area contributed by atoms with Gasteiger partial charge >= 0.3 is 5.69 Å². The molecule has 1 aliphatic carbocycles. The van der Waals surface area contributed by atoms with Crippen LogP contribution in [-0.4, -0.2) is 33.1 Å². The van der Waals surface area contributed by atoms with Gasteiger partial charge in [0.1, 0.15) is 5.82 Å². The quantitative estimate of drug-likeness (QED) is 0.854. The summed E-state index contributed by atoms with van der Waals surface area (Å²) in [4.78, 5) is 19.4. The van der Waals surface area contributed by atoms with E-state index in [-0.39, 0.29) is 18.7 Å². The Morgan fingerprint density at radius 3 is 2.44 bits per heavy atom. The van der Waals surface area contributed by atoms with Crippen LogP contribution in [0.5, 0.6) is 0 Å². The summed E-state index contributed by atoms with van der Waals surface area (Å²) in [6.45, 7) is 2.01. The molecule has 3 heterocycles. The summed E-state index contributed by atoms with van der Waals surface area (Å²) in [5.41, 5.74) is 0.953. The first-order valence-corrected chi connectivity index (χ1v) is 9.16. The van der Waals surface area contributed by atoms with Gasteiger partial charge in [0.25, 0.3) is 5.92 Å². The molecule has 2 fully saturated rings. The van der Waals surface area contributed by atoms with Crippen LogP contribution in [0.25, 0.3) is 11.2 Å². The smallest absolute Gasteiger partial charge is 0.330 e. The molecule has 2 aromatic rings. The number of anilines is 1. The maximum atomic E-state index is 13.3. The topological polar surface area (TPSA) is 43.1 Å². The molecule has 0 bridgehead atoms. The molecule has 0 amide bonds. The maximum absolute atomic E-state index is 13.3. The number of imidazole rings is 1. The molecule has 1 saturated carbocycles. The lowest BCUT2D eigenvalue weighted by molar-refractivity contribution is 0.0951. The molecule has 1 unspecified atom stereocenters. The fourth-order valence-corrected chi connectivity index (χ4v) is 3.78. The number of fused-ring (bicyclic) bond motifs is 1. The van der Waals surface area contributed by atoms with Crippen LogP contribution in [0.4, 0.5) is 14.6 Å². The van der Waals surface area contributed by atoms with Crippen LogP contribution < -0.4 is 10.6 Å². The first kappa shape index (κ1) is 16.5. The van der Waals surface area contributed by atoms with Gasteiger partial charge < -0.3 is 4.90 Å². The van der Waals surface area contributed by atoms with Crippen LogP contribution in [0.2, 0.25) is 0 Å². The fourth-order valence-electron chi connectivity index (χ4n) is 3.78. The monoisotopic (exact) mass is 350 g/mol. The van der Waals surface area contributed by atoms with E-state index in [1.54, 1.807) is 7.05 Å². The third-order valence-electron chi connectivity index (χ3n) is 5.50. The second-order valence-electron chi connectivity index (χ2n) is 7.38. The Labute approximate surface area is 145 Å². The van der Waals surface area contributed by atoms with Gasteiger partial charge in [-0.3, -0.25) is 9.13 Å².